The minimum Gasteiger partial charge on any atom is -0.450 e. The third kappa shape index (κ3) is 3.08. The molecular formula is C20H15BrClNO4. The predicted octanol–water partition coefficient (Wildman–Crippen LogP) is 4.13. The summed E-state index contributed by atoms with van der Waals surface area (Å²) in [6, 6.07) is 11.5. The molecule has 1 amide bonds. The summed E-state index contributed by atoms with van der Waals surface area (Å²) in [4.78, 5) is 27.7. The van der Waals surface area contributed by atoms with E-state index in [2.05, 4.69) is 15.9 Å². The number of fused-ring (bicyclic) bond motifs is 2. The van der Waals surface area contributed by atoms with E-state index in [1.807, 2.05) is 24.3 Å². The van der Waals surface area contributed by atoms with Crippen molar-refractivity contribution >= 4 is 44.4 Å². The number of β-amino-alcohol motifs (C(OH)–C–C–N with tert-alkyl or cyclic N) is 1. The largest absolute Gasteiger partial charge is 0.450 e. The zero-order valence-corrected chi connectivity index (χ0v) is 16.6. The molecule has 2 unspecified atom stereocenters. The normalized spacial score (nSPS) is 17.4. The molecule has 1 aromatic heterocycles. The lowest BCUT2D eigenvalue weighted by Gasteiger charge is -2.26. The van der Waals surface area contributed by atoms with Crippen molar-refractivity contribution in [2.24, 2.45) is 0 Å². The number of aliphatic hydroxyl groups excluding tert-OH is 1. The lowest BCUT2D eigenvalue weighted by atomic mass is 9.98. The molecule has 2 heterocycles. The third-order valence-corrected chi connectivity index (χ3v) is 5.28. The third-order valence-electron chi connectivity index (χ3n) is 4.55. The van der Waals surface area contributed by atoms with Gasteiger partial charge in [-0.05, 0) is 42.8 Å². The maximum absolute atomic E-state index is 13.2. The summed E-state index contributed by atoms with van der Waals surface area (Å²) in [5, 5.41) is 10.6. The van der Waals surface area contributed by atoms with E-state index >= 15 is 0 Å². The van der Waals surface area contributed by atoms with Crippen LogP contribution in [0.25, 0.3) is 11.0 Å². The number of halogens is 2. The molecule has 0 spiro atoms. The van der Waals surface area contributed by atoms with Gasteiger partial charge in [0.2, 0.25) is 5.76 Å². The van der Waals surface area contributed by atoms with E-state index in [1.54, 1.807) is 25.1 Å². The molecule has 0 saturated carbocycles. The number of hydrogen-bond donors (Lipinski definition) is 1. The maximum atomic E-state index is 13.2. The first-order valence-corrected chi connectivity index (χ1v) is 9.54. The van der Waals surface area contributed by atoms with Gasteiger partial charge in [-0.1, -0.05) is 39.7 Å². The van der Waals surface area contributed by atoms with Gasteiger partial charge in [-0.25, -0.2) is 0 Å². The molecule has 5 nitrogen and oxygen atoms in total. The van der Waals surface area contributed by atoms with Crippen molar-refractivity contribution in [2.75, 3.05) is 6.54 Å². The molecule has 2 aromatic carbocycles. The van der Waals surface area contributed by atoms with E-state index in [1.165, 1.54) is 4.90 Å². The molecule has 1 N–H and O–H groups in total. The van der Waals surface area contributed by atoms with Gasteiger partial charge in [-0.3, -0.25) is 9.59 Å². The Labute approximate surface area is 168 Å². The first-order chi connectivity index (χ1) is 12.9. The van der Waals surface area contributed by atoms with Gasteiger partial charge in [0.05, 0.1) is 23.1 Å². The first-order valence-electron chi connectivity index (χ1n) is 8.37. The topological polar surface area (TPSA) is 70.8 Å². The average molecular weight is 449 g/mol. The van der Waals surface area contributed by atoms with Gasteiger partial charge in [0.25, 0.3) is 5.91 Å². The molecule has 0 saturated heterocycles. The van der Waals surface area contributed by atoms with Crippen LogP contribution in [0.2, 0.25) is 5.02 Å². The molecule has 0 fully saturated rings. The number of carbonyl (C=O) groups excluding carboxylic acids is 1. The lowest BCUT2D eigenvalue weighted by Crippen LogP contribution is -2.35. The van der Waals surface area contributed by atoms with Crippen LogP contribution in [0.4, 0.5) is 0 Å². The number of nitrogens with zero attached hydrogens (tertiary/aromatic N) is 1. The summed E-state index contributed by atoms with van der Waals surface area (Å²) in [6.45, 7) is 1.68. The predicted molar refractivity (Wildman–Crippen MR) is 106 cm³/mol. The second-order valence-electron chi connectivity index (χ2n) is 6.58. The Morgan fingerprint density at radius 1 is 1.26 bits per heavy atom. The van der Waals surface area contributed by atoms with Crippen LogP contribution in [-0.4, -0.2) is 28.6 Å². The van der Waals surface area contributed by atoms with Crippen LogP contribution < -0.4 is 5.43 Å². The zero-order chi connectivity index (χ0) is 19.3. The van der Waals surface area contributed by atoms with Gasteiger partial charge < -0.3 is 14.4 Å². The van der Waals surface area contributed by atoms with Gasteiger partial charge in [-0.2, -0.15) is 0 Å². The van der Waals surface area contributed by atoms with E-state index in [-0.39, 0.29) is 23.3 Å². The Bertz CT molecular complexity index is 1120. The number of aliphatic hydroxyl groups is 1. The monoisotopic (exact) mass is 447 g/mol. The molecule has 4 rings (SSSR count). The first kappa shape index (κ1) is 18.2. The summed E-state index contributed by atoms with van der Waals surface area (Å²) in [6.07, 6.45) is -0.753. The summed E-state index contributed by atoms with van der Waals surface area (Å²) >= 11 is 9.48. The van der Waals surface area contributed by atoms with Crippen LogP contribution in [-0.2, 0) is 0 Å². The molecule has 0 aliphatic carbocycles. The van der Waals surface area contributed by atoms with Crippen molar-refractivity contribution in [2.45, 2.75) is 19.1 Å². The quantitative estimate of drug-likeness (QED) is 0.654. The average Bonchev–Trinajstić information content (AvgIpc) is 2.88. The smallest absolute Gasteiger partial charge is 0.290 e. The van der Waals surface area contributed by atoms with Crippen molar-refractivity contribution in [3.63, 3.8) is 0 Å². The van der Waals surface area contributed by atoms with Crippen molar-refractivity contribution in [1.82, 2.24) is 4.90 Å². The van der Waals surface area contributed by atoms with Crippen molar-refractivity contribution in [3.05, 3.63) is 79.1 Å². The Hall–Kier alpha value is -2.15. The number of carbonyl (C=O) groups is 1. The summed E-state index contributed by atoms with van der Waals surface area (Å²) < 4.78 is 6.63. The fraction of sp³-hybridized carbons (Fsp3) is 0.200. The molecule has 7 heteroatoms. The van der Waals surface area contributed by atoms with Gasteiger partial charge in [-0.15, -0.1) is 0 Å². The Balaban J connectivity index is 2.02. The Morgan fingerprint density at radius 2 is 2.04 bits per heavy atom. The minimum absolute atomic E-state index is 0.0143. The minimum atomic E-state index is -0.753. The SMILES string of the molecule is CC(O)CN1C(=O)c2oc3ccc(Cl)cc3c(=O)c2C1c1cccc(Br)c1. The van der Waals surface area contributed by atoms with Crippen LogP contribution in [0.3, 0.4) is 0 Å². The molecule has 0 bridgehead atoms. The molecular weight excluding hydrogens is 434 g/mol. The number of amides is 1. The summed E-state index contributed by atoms with van der Waals surface area (Å²) in [5.41, 5.74) is 1.04. The van der Waals surface area contributed by atoms with Crippen LogP contribution >= 0.6 is 27.5 Å². The Kier molecular flexibility index (Phi) is 4.58. The van der Waals surface area contributed by atoms with Crippen molar-refractivity contribution < 1.29 is 14.3 Å². The fourth-order valence-electron chi connectivity index (χ4n) is 3.49. The molecule has 27 heavy (non-hydrogen) atoms. The summed E-state index contributed by atoms with van der Waals surface area (Å²) in [7, 11) is 0. The van der Waals surface area contributed by atoms with Crippen LogP contribution in [0.1, 0.15) is 34.6 Å². The van der Waals surface area contributed by atoms with Gasteiger partial charge in [0, 0.05) is 16.0 Å². The van der Waals surface area contributed by atoms with Crippen LogP contribution in [0.15, 0.2) is 56.1 Å². The molecule has 0 radical (unpaired) electrons. The van der Waals surface area contributed by atoms with Gasteiger partial charge >= 0.3 is 0 Å². The van der Waals surface area contributed by atoms with E-state index in [0.29, 0.717) is 16.0 Å². The second-order valence-corrected chi connectivity index (χ2v) is 7.93. The Morgan fingerprint density at radius 3 is 2.74 bits per heavy atom. The van der Waals surface area contributed by atoms with E-state index < -0.39 is 18.1 Å². The van der Waals surface area contributed by atoms with Gasteiger partial charge in [0.15, 0.2) is 5.43 Å². The van der Waals surface area contributed by atoms with Crippen molar-refractivity contribution in [1.29, 1.82) is 0 Å². The fourth-order valence-corrected chi connectivity index (χ4v) is 4.08. The van der Waals surface area contributed by atoms with E-state index in [0.717, 1.165) is 10.0 Å². The van der Waals surface area contributed by atoms with E-state index in [4.69, 9.17) is 16.0 Å². The highest BCUT2D eigenvalue weighted by Gasteiger charge is 2.43. The second kappa shape index (κ2) is 6.78. The molecule has 2 atom stereocenters. The maximum Gasteiger partial charge on any atom is 0.290 e. The van der Waals surface area contributed by atoms with Gasteiger partial charge in [0.1, 0.15) is 5.58 Å². The highest BCUT2D eigenvalue weighted by Crippen LogP contribution is 2.39. The molecule has 1 aliphatic heterocycles. The highest BCUT2D eigenvalue weighted by molar-refractivity contribution is 9.10. The highest BCUT2D eigenvalue weighted by atomic mass is 79.9. The molecule has 3 aromatic rings. The van der Waals surface area contributed by atoms with Crippen LogP contribution in [0, 0.1) is 0 Å². The lowest BCUT2D eigenvalue weighted by molar-refractivity contribution is 0.0611. The number of rotatable bonds is 3. The summed E-state index contributed by atoms with van der Waals surface area (Å²) in [5.74, 6) is -0.398. The zero-order valence-electron chi connectivity index (χ0n) is 14.3. The molecule has 138 valence electrons. The number of hydrogen-bond acceptors (Lipinski definition) is 4. The van der Waals surface area contributed by atoms with E-state index in [9.17, 15) is 14.7 Å². The standard InChI is InChI=1S/C20H15BrClNO4/c1-10(24)9-23-17(11-3-2-4-12(21)7-11)16-18(25)14-8-13(22)5-6-15(14)27-19(16)20(23)26/h2-8,10,17,24H,9H2,1H3. The van der Waals surface area contributed by atoms with Crippen LogP contribution in [0.5, 0.6) is 0 Å². The molecule has 1 aliphatic rings. The number of benzene rings is 2. The van der Waals surface area contributed by atoms with Crippen molar-refractivity contribution in [3.8, 4) is 0 Å².